The van der Waals surface area contributed by atoms with Crippen molar-refractivity contribution >= 4 is 5.94 Å². The average Bonchev–Trinajstić information content (AvgIpc) is 2.06. The molecular weight excluding hydrogens is 140 g/mol. The molecule has 0 spiro atoms. The Bertz CT molecular complexity index is 167. The maximum atomic E-state index is 10.2. The van der Waals surface area contributed by atoms with Gasteiger partial charge in [-0.1, -0.05) is 0 Å². The molecular formula is C8H14N2O. The van der Waals surface area contributed by atoms with E-state index in [2.05, 4.69) is 10.2 Å². The fourth-order valence-corrected chi connectivity index (χ4v) is 1.24. The second-order valence-electron chi connectivity index (χ2n) is 2.91. The second-order valence-corrected chi connectivity index (χ2v) is 2.91. The number of carbonyl (C=O) groups excluding carboxylic acids is 1. The smallest absolute Gasteiger partial charge is 0.124 e. The molecule has 0 amide bonds. The molecule has 1 heterocycles. The molecule has 0 atom stereocenters. The van der Waals surface area contributed by atoms with Crippen LogP contribution in [0, 0.1) is 0 Å². The van der Waals surface area contributed by atoms with Gasteiger partial charge in [-0.2, -0.15) is 0 Å². The van der Waals surface area contributed by atoms with Crippen molar-refractivity contribution in [2.45, 2.75) is 6.92 Å². The van der Waals surface area contributed by atoms with E-state index in [-0.39, 0.29) is 0 Å². The Balaban J connectivity index is 2.30. The summed E-state index contributed by atoms with van der Waals surface area (Å²) in [6.07, 6.45) is 0. The Hall–Kier alpha value is -0.630. The zero-order valence-corrected chi connectivity index (χ0v) is 6.89. The highest BCUT2D eigenvalue weighted by molar-refractivity contribution is 5.51. The van der Waals surface area contributed by atoms with Gasteiger partial charge < -0.3 is 5.32 Å². The van der Waals surface area contributed by atoms with Crippen LogP contribution in [-0.2, 0) is 4.79 Å². The zero-order chi connectivity index (χ0) is 8.10. The van der Waals surface area contributed by atoms with Crippen molar-refractivity contribution in [1.29, 1.82) is 0 Å². The SMILES string of the molecule is CC(=C=O)CN1CCNCC1. The van der Waals surface area contributed by atoms with E-state index in [1.54, 1.807) is 0 Å². The van der Waals surface area contributed by atoms with Crippen LogP contribution >= 0.6 is 0 Å². The average molecular weight is 154 g/mol. The highest BCUT2D eigenvalue weighted by Gasteiger charge is 2.08. The largest absolute Gasteiger partial charge is 0.314 e. The van der Waals surface area contributed by atoms with Crippen molar-refractivity contribution in [3.05, 3.63) is 5.57 Å². The molecule has 0 aliphatic carbocycles. The molecule has 0 unspecified atom stereocenters. The predicted octanol–water partition coefficient (Wildman–Crippen LogP) is -0.330. The Morgan fingerprint density at radius 2 is 2.18 bits per heavy atom. The summed E-state index contributed by atoms with van der Waals surface area (Å²) in [7, 11) is 0. The summed E-state index contributed by atoms with van der Waals surface area (Å²) in [6.45, 7) is 6.76. The maximum absolute atomic E-state index is 10.2. The Morgan fingerprint density at radius 1 is 1.55 bits per heavy atom. The van der Waals surface area contributed by atoms with E-state index >= 15 is 0 Å². The van der Waals surface area contributed by atoms with Crippen LogP contribution in [0.2, 0.25) is 0 Å². The summed E-state index contributed by atoms with van der Waals surface area (Å²) in [4.78, 5) is 12.4. The first-order valence-corrected chi connectivity index (χ1v) is 3.96. The number of nitrogens with one attached hydrogen (secondary N) is 1. The van der Waals surface area contributed by atoms with Crippen molar-refractivity contribution in [3.8, 4) is 0 Å². The number of nitrogens with zero attached hydrogens (tertiary/aromatic N) is 1. The summed E-state index contributed by atoms with van der Waals surface area (Å²) in [5.74, 6) is 1.92. The first kappa shape index (κ1) is 8.47. The third-order valence-corrected chi connectivity index (χ3v) is 1.84. The molecule has 3 heteroatoms. The molecule has 1 aliphatic heterocycles. The standard InChI is InChI=1S/C8H14N2O/c1-8(7-11)6-10-4-2-9-3-5-10/h9H,2-6H2,1H3. The van der Waals surface area contributed by atoms with Gasteiger partial charge in [-0.05, 0) is 6.92 Å². The van der Waals surface area contributed by atoms with E-state index in [1.165, 1.54) is 0 Å². The molecule has 1 rings (SSSR count). The minimum Gasteiger partial charge on any atom is -0.314 e. The van der Waals surface area contributed by atoms with Crippen LogP contribution in [0.15, 0.2) is 5.57 Å². The molecule has 0 aromatic carbocycles. The third kappa shape index (κ3) is 2.85. The van der Waals surface area contributed by atoms with Gasteiger partial charge in [0.25, 0.3) is 0 Å². The summed E-state index contributed by atoms with van der Waals surface area (Å²) in [5.41, 5.74) is 0.798. The van der Waals surface area contributed by atoms with Gasteiger partial charge in [0, 0.05) is 38.3 Å². The first-order valence-electron chi connectivity index (χ1n) is 3.96. The second kappa shape index (κ2) is 4.29. The number of hydrogen-bond donors (Lipinski definition) is 1. The Kier molecular flexibility index (Phi) is 3.30. The van der Waals surface area contributed by atoms with Gasteiger partial charge in [-0.25, -0.2) is 4.79 Å². The van der Waals surface area contributed by atoms with E-state index in [9.17, 15) is 4.79 Å². The normalized spacial score (nSPS) is 19.4. The lowest BCUT2D eigenvalue weighted by Gasteiger charge is -2.26. The van der Waals surface area contributed by atoms with Gasteiger partial charge in [0.1, 0.15) is 5.94 Å². The molecule has 1 N–H and O–H groups in total. The fraction of sp³-hybridized carbons (Fsp3) is 0.750. The Labute approximate surface area is 67.1 Å². The van der Waals surface area contributed by atoms with Crippen LogP contribution in [0.25, 0.3) is 0 Å². The van der Waals surface area contributed by atoms with Crippen molar-refractivity contribution in [2.75, 3.05) is 32.7 Å². The number of piperazine rings is 1. The van der Waals surface area contributed by atoms with Gasteiger partial charge in [0.2, 0.25) is 0 Å². The van der Waals surface area contributed by atoms with E-state index in [0.717, 1.165) is 38.3 Å². The molecule has 11 heavy (non-hydrogen) atoms. The van der Waals surface area contributed by atoms with Crippen LogP contribution in [0.5, 0.6) is 0 Å². The minimum absolute atomic E-state index is 0.783. The van der Waals surface area contributed by atoms with Gasteiger partial charge >= 0.3 is 0 Å². The van der Waals surface area contributed by atoms with Gasteiger partial charge in [-0.15, -0.1) is 0 Å². The molecule has 3 nitrogen and oxygen atoms in total. The van der Waals surface area contributed by atoms with Crippen LogP contribution < -0.4 is 5.32 Å². The van der Waals surface area contributed by atoms with Crippen LogP contribution in [0.1, 0.15) is 6.92 Å². The molecule has 1 saturated heterocycles. The maximum Gasteiger partial charge on any atom is 0.124 e. The lowest BCUT2D eigenvalue weighted by molar-refractivity contribution is 0.260. The van der Waals surface area contributed by atoms with Crippen molar-refractivity contribution in [2.24, 2.45) is 0 Å². The van der Waals surface area contributed by atoms with Crippen molar-refractivity contribution in [3.63, 3.8) is 0 Å². The zero-order valence-electron chi connectivity index (χ0n) is 6.89. The van der Waals surface area contributed by atoms with Gasteiger partial charge in [0.05, 0.1) is 0 Å². The quantitative estimate of drug-likeness (QED) is 0.553. The molecule has 0 aromatic heterocycles. The molecule has 1 aliphatic rings. The van der Waals surface area contributed by atoms with Crippen LogP contribution in [-0.4, -0.2) is 43.6 Å². The first-order chi connectivity index (χ1) is 5.33. The molecule has 1 fully saturated rings. The number of hydrogen-bond acceptors (Lipinski definition) is 3. The van der Waals surface area contributed by atoms with E-state index < -0.39 is 0 Å². The fourth-order valence-electron chi connectivity index (χ4n) is 1.24. The van der Waals surface area contributed by atoms with Crippen molar-refractivity contribution < 1.29 is 4.79 Å². The molecule has 62 valence electrons. The molecule has 0 radical (unpaired) electrons. The predicted molar refractivity (Wildman–Crippen MR) is 44.2 cm³/mol. The van der Waals surface area contributed by atoms with E-state index in [4.69, 9.17) is 0 Å². The highest BCUT2D eigenvalue weighted by Crippen LogP contribution is 1.95. The highest BCUT2D eigenvalue weighted by atomic mass is 16.1. The lowest BCUT2D eigenvalue weighted by Crippen LogP contribution is -2.44. The van der Waals surface area contributed by atoms with Crippen LogP contribution in [0.4, 0.5) is 0 Å². The Morgan fingerprint density at radius 3 is 2.73 bits per heavy atom. The van der Waals surface area contributed by atoms with Gasteiger partial charge in [0.15, 0.2) is 0 Å². The topological polar surface area (TPSA) is 32.3 Å². The number of rotatable bonds is 2. The lowest BCUT2D eigenvalue weighted by atomic mass is 10.3. The third-order valence-electron chi connectivity index (χ3n) is 1.84. The van der Waals surface area contributed by atoms with Gasteiger partial charge in [-0.3, -0.25) is 4.90 Å². The molecule has 0 saturated carbocycles. The summed E-state index contributed by atoms with van der Waals surface area (Å²) >= 11 is 0. The van der Waals surface area contributed by atoms with E-state index in [1.807, 2.05) is 12.9 Å². The summed E-state index contributed by atoms with van der Waals surface area (Å²) < 4.78 is 0. The van der Waals surface area contributed by atoms with Crippen molar-refractivity contribution in [1.82, 2.24) is 10.2 Å². The van der Waals surface area contributed by atoms with E-state index in [0.29, 0.717) is 0 Å². The summed E-state index contributed by atoms with van der Waals surface area (Å²) in [6, 6.07) is 0. The minimum atomic E-state index is 0.783. The molecule has 0 aromatic rings. The summed E-state index contributed by atoms with van der Waals surface area (Å²) in [5, 5.41) is 3.26. The monoisotopic (exact) mass is 154 g/mol. The van der Waals surface area contributed by atoms with Crippen LogP contribution in [0.3, 0.4) is 0 Å². The molecule has 0 bridgehead atoms.